The molecular formula is C15H15N3OS. The van der Waals surface area contributed by atoms with Gasteiger partial charge in [0.25, 0.3) is 0 Å². The highest BCUT2D eigenvalue weighted by Crippen LogP contribution is 2.30. The molecule has 5 heteroatoms. The van der Waals surface area contributed by atoms with Gasteiger partial charge in [0.2, 0.25) is 6.41 Å². The van der Waals surface area contributed by atoms with E-state index in [0.717, 1.165) is 28.5 Å². The van der Waals surface area contributed by atoms with Gasteiger partial charge in [0.15, 0.2) is 0 Å². The third kappa shape index (κ3) is 3.93. The molecule has 0 fully saturated rings. The molecule has 0 unspecified atom stereocenters. The average Bonchev–Trinajstić information content (AvgIpc) is 2.71. The Hall–Kier alpha value is -2.14. The number of amides is 1. The summed E-state index contributed by atoms with van der Waals surface area (Å²) in [6.07, 6.45) is 12.9. The van der Waals surface area contributed by atoms with Gasteiger partial charge in [-0.3, -0.25) is 14.8 Å². The zero-order valence-electron chi connectivity index (χ0n) is 11.0. The van der Waals surface area contributed by atoms with Crippen molar-refractivity contribution >= 4 is 30.6 Å². The standard InChI is InChI=1S/C15H15N3OS/c1-16-14-7-8-17-9-15(14)20-10-12-3-2-4-13(6-5-12)18-11-19/h2-4,6-9,11H,1,5,10H2,(H,18,19). The van der Waals surface area contributed by atoms with Gasteiger partial charge in [0, 0.05) is 23.8 Å². The lowest BCUT2D eigenvalue weighted by molar-refractivity contribution is -0.108. The first-order chi connectivity index (χ1) is 9.83. The van der Waals surface area contributed by atoms with Crippen LogP contribution in [0.2, 0.25) is 0 Å². The summed E-state index contributed by atoms with van der Waals surface area (Å²) in [5, 5.41) is 2.66. The average molecular weight is 285 g/mol. The fraction of sp³-hybridized carbons (Fsp3) is 0.133. The van der Waals surface area contributed by atoms with Gasteiger partial charge in [-0.05, 0) is 25.3 Å². The summed E-state index contributed by atoms with van der Waals surface area (Å²) in [7, 11) is 0. The summed E-state index contributed by atoms with van der Waals surface area (Å²) in [5.41, 5.74) is 2.95. The van der Waals surface area contributed by atoms with Gasteiger partial charge in [-0.1, -0.05) is 23.8 Å². The molecule has 1 aliphatic rings. The summed E-state index contributed by atoms with van der Waals surface area (Å²) >= 11 is 1.68. The maximum absolute atomic E-state index is 10.4. The predicted octanol–water partition coefficient (Wildman–Crippen LogP) is 3.02. The van der Waals surface area contributed by atoms with E-state index >= 15 is 0 Å². The van der Waals surface area contributed by atoms with Crippen LogP contribution in [0.4, 0.5) is 5.69 Å². The zero-order valence-corrected chi connectivity index (χ0v) is 11.8. The van der Waals surface area contributed by atoms with E-state index in [4.69, 9.17) is 0 Å². The highest BCUT2D eigenvalue weighted by Gasteiger charge is 2.04. The second kappa shape index (κ2) is 7.45. The molecule has 20 heavy (non-hydrogen) atoms. The highest BCUT2D eigenvalue weighted by atomic mass is 32.2. The van der Waals surface area contributed by atoms with Crippen LogP contribution >= 0.6 is 11.8 Å². The molecule has 1 N–H and O–H groups in total. The van der Waals surface area contributed by atoms with E-state index < -0.39 is 0 Å². The Morgan fingerprint density at radius 3 is 3.25 bits per heavy atom. The Morgan fingerprint density at radius 2 is 2.45 bits per heavy atom. The molecule has 0 atom stereocenters. The van der Waals surface area contributed by atoms with Crippen LogP contribution in [-0.2, 0) is 4.79 Å². The number of nitrogens with one attached hydrogen (secondary N) is 1. The van der Waals surface area contributed by atoms with E-state index in [-0.39, 0.29) is 0 Å². The molecule has 0 bridgehead atoms. The van der Waals surface area contributed by atoms with Crippen LogP contribution < -0.4 is 5.32 Å². The van der Waals surface area contributed by atoms with E-state index in [1.54, 1.807) is 24.2 Å². The Labute approximate surface area is 122 Å². The van der Waals surface area contributed by atoms with Crippen molar-refractivity contribution in [2.45, 2.75) is 11.3 Å². The SMILES string of the molecule is C=Nc1ccncc1SCC1=CC=CC(NC=O)=CC1. The molecule has 0 radical (unpaired) electrons. The fourth-order valence-corrected chi connectivity index (χ4v) is 2.70. The van der Waals surface area contributed by atoms with Crippen LogP contribution in [0.3, 0.4) is 0 Å². The smallest absolute Gasteiger partial charge is 0.211 e. The molecule has 0 saturated carbocycles. The van der Waals surface area contributed by atoms with Crippen LogP contribution in [0.25, 0.3) is 0 Å². The molecule has 0 spiro atoms. The predicted molar refractivity (Wildman–Crippen MR) is 83.3 cm³/mol. The van der Waals surface area contributed by atoms with Crippen LogP contribution in [0.15, 0.2) is 63.9 Å². The molecule has 0 saturated heterocycles. The number of pyridine rings is 1. The first kappa shape index (κ1) is 14.3. The van der Waals surface area contributed by atoms with Crippen molar-refractivity contribution in [1.29, 1.82) is 0 Å². The zero-order chi connectivity index (χ0) is 14.2. The van der Waals surface area contributed by atoms with Gasteiger partial charge in [-0.25, -0.2) is 0 Å². The lowest BCUT2D eigenvalue weighted by Gasteiger charge is -2.06. The Balaban J connectivity index is 1.98. The van der Waals surface area contributed by atoms with Crippen LogP contribution in [0.1, 0.15) is 6.42 Å². The van der Waals surface area contributed by atoms with E-state index in [2.05, 4.69) is 28.1 Å². The van der Waals surface area contributed by atoms with Gasteiger partial charge in [0.05, 0.1) is 10.6 Å². The number of hydrogen-bond donors (Lipinski definition) is 1. The highest BCUT2D eigenvalue weighted by molar-refractivity contribution is 7.99. The topological polar surface area (TPSA) is 54.4 Å². The largest absolute Gasteiger partial charge is 0.329 e. The molecule has 102 valence electrons. The number of carbonyl (C=O) groups excluding carboxylic acids is 1. The van der Waals surface area contributed by atoms with Gasteiger partial charge in [0.1, 0.15) is 0 Å². The summed E-state index contributed by atoms with van der Waals surface area (Å²) in [6, 6.07) is 1.85. The number of carbonyl (C=O) groups is 1. The molecule has 0 aromatic carbocycles. The van der Waals surface area contributed by atoms with Crippen molar-refractivity contribution < 1.29 is 4.79 Å². The number of thioether (sulfide) groups is 1. The first-order valence-corrected chi connectivity index (χ1v) is 7.12. The minimum absolute atomic E-state index is 0.688. The second-order valence-electron chi connectivity index (χ2n) is 4.10. The van der Waals surface area contributed by atoms with Crippen molar-refractivity contribution in [3.63, 3.8) is 0 Å². The number of aromatic nitrogens is 1. The van der Waals surface area contributed by atoms with Crippen LogP contribution in [0.5, 0.6) is 0 Å². The third-order valence-corrected chi connectivity index (χ3v) is 3.90. The number of rotatable bonds is 6. The molecule has 1 aromatic rings. The van der Waals surface area contributed by atoms with Gasteiger partial charge in [-0.2, -0.15) is 0 Å². The van der Waals surface area contributed by atoms with Crippen molar-refractivity contribution in [2.24, 2.45) is 4.99 Å². The maximum atomic E-state index is 10.4. The van der Waals surface area contributed by atoms with Crippen molar-refractivity contribution in [3.05, 3.63) is 54.0 Å². The van der Waals surface area contributed by atoms with E-state index in [9.17, 15) is 4.79 Å². The first-order valence-electron chi connectivity index (χ1n) is 6.13. The summed E-state index contributed by atoms with van der Waals surface area (Å²) in [6.45, 7) is 3.56. The molecular weight excluding hydrogens is 270 g/mol. The Kier molecular flexibility index (Phi) is 5.32. The fourth-order valence-electron chi connectivity index (χ4n) is 1.73. The van der Waals surface area contributed by atoms with Gasteiger partial charge >= 0.3 is 0 Å². The number of hydrogen-bond acceptors (Lipinski definition) is 4. The van der Waals surface area contributed by atoms with Gasteiger partial charge < -0.3 is 5.32 Å². The Bertz CT molecular complexity index is 591. The third-order valence-electron chi connectivity index (χ3n) is 2.76. The lowest BCUT2D eigenvalue weighted by Crippen LogP contribution is -2.07. The molecule has 1 aliphatic carbocycles. The summed E-state index contributed by atoms with van der Waals surface area (Å²) in [4.78, 5) is 19.5. The lowest BCUT2D eigenvalue weighted by atomic mass is 10.2. The minimum Gasteiger partial charge on any atom is -0.329 e. The molecule has 4 nitrogen and oxygen atoms in total. The quantitative estimate of drug-likeness (QED) is 0.496. The molecule has 1 amide bonds. The second-order valence-corrected chi connectivity index (χ2v) is 5.12. The van der Waals surface area contributed by atoms with E-state index in [1.807, 2.05) is 24.3 Å². The van der Waals surface area contributed by atoms with E-state index in [0.29, 0.717) is 6.41 Å². The molecule has 1 heterocycles. The van der Waals surface area contributed by atoms with Crippen molar-refractivity contribution in [2.75, 3.05) is 5.75 Å². The monoisotopic (exact) mass is 285 g/mol. The number of aliphatic imine (C=N–C) groups is 1. The van der Waals surface area contributed by atoms with Crippen LogP contribution in [-0.4, -0.2) is 23.9 Å². The minimum atomic E-state index is 0.688. The maximum Gasteiger partial charge on any atom is 0.211 e. The molecule has 0 aliphatic heterocycles. The normalized spacial score (nSPS) is 14.0. The number of nitrogens with zero attached hydrogens (tertiary/aromatic N) is 2. The summed E-state index contributed by atoms with van der Waals surface area (Å²) < 4.78 is 0. The van der Waals surface area contributed by atoms with Crippen LogP contribution in [0, 0.1) is 0 Å². The molecule has 1 aromatic heterocycles. The van der Waals surface area contributed by atoms with E-state index in [1.165, 1.54) is 5.57 Å². The Morgan fingerprint density at radius 1 is 1.55 bits per heavy atom. The van der Waals surface area contributed by atoms with Crippen molar-refractivity contribution in [1.82, 2.24) is 10.3 Å². The van der Waals surface area contributed by atoms with Crippen molar-refractivity contribution in [3.8, 4) is 0 Å². The van der Waals surface area contributed by atoms with Gasteiger partial charge in [-0.15, -0.1) is 11.8 Å². The number of allylic oxidation sites excluding steroid dienone is 4. The molecule has 2 rings (SSSR count). The summed E-state index contributed by atoms with van der Waals surface area (Å²) in [5.74, 6) is 0.851.